The fourth-order valence-electron chi connectivity index (χ4n) is 3.25. The van der Waals surface area contributed by atoms with E-state index in [1.54, 1.807) is 56.5 Å². The number of methoxy groups -OCH3 is 3. The first-order valence-electron chi connectivity index (χ1n) is 10.2. The molecule has 2 aromatic carbocycles. The van der Waals surface area contributed by atoms with E-state index in [4.69, 9.17) is 24.9 Å². The minimum atomic E-state index is -0.708. The molecule has 0 radical (unpaired) electrons. The van der Waals surface area contributed by atoms with Crippen molar-refractivity contribution in [3.05, 3.63) is 51.6 Å². The van der Waals surface area contributed by atoms with Crippen molar-refractivity contribution in [2.45, 2.75) is 18.9 Å². The summed E-state index contributed by atoms with van der Waals surface area (Å²) < 4.78 is 17.9. The summed E-state index contributed by atoms with van der Waals surface area (Å²) in [5, 5.41) is 16.5. The first-order chi connectivity index (χ1) is 15.9. The average Bonchev–Trinajstić information content (AvgIpc) is 3.55. The number of phenols is 1. The summed E-state index contributed by atoms with van der Waals surface area (Å²) in [5.74, 6) is 0.646. The number of aromatic hydroxyl groups is 1. The van der Waals surface area contributed by atoms with Gasteiger partial charge >= 0.3 is 0 Å². The van der Waals surface area contributed by atoms with Crippen LogP contribution in [0, 0.1) is 0 Å². The van der Waals surface area contributed by atoms with Gasteiger partial charge in [-0.05, 0) is 43.2 Å². The number of primary amides is 1. The van der Waals surface area contributed by atoms with Crippen LogP contribution in [0.25, 0.3) is 11.3 Å². The van der Waals surface area contributed by atoms with Gasteiger partial charge < -0.3 is 25.1 Å². The van der Waals surface area contributed by atoms with Gasteiger partial charge in [-0.15, -0.1) is 11.3 Å². The van der Waals surface area contributed by atoms with E-state index in [1.165, 1.54) is 17.4 Å². The lowest BCUT2D eigenvalue weighted by atomic mass is 10.1. The Hall–Kier alpha value is -3.79. The summed E-state index contributed by atoms with van der Waals surface area (Å²) in [5.41, 5.74) is 7.57. The van der Waals surface area contributed by atoms with Crippen molar-refractivity contribution in [3.63, 3.8) is 0 Å². The van der Waals surface area contributed by atoms with Crippen LogP contribution in [0.2, 0.25) is 0 Å². The lowest BCUT2D eigenvalue weighted by Gasteiger charge is -2.12. The molecule has 0 atom stereocenters. The van der Waals surface area contributed by atoms with Crippen molar-refractivity contribution in [2.24, 2.45) is 15.8 Å². The second-order valence-corrected chi connectivity index (χ2v) is 8.21. The fraction of sp³-hybridized carbons (Fsp3) is 0.261. The zero-order valence-corrected chi connectivity index (χ0v) is 19.3. The standard InChI is InChI=1S/C23H24N4O5S/c1-30-19-8-13(9-20(31-2)21(19)32-3)11-25-27-17(12-33-23(27)26-15-5-6-15)14-4-7-18(28)16(10-14)22(24)29/h4,7-12,15,28H,5-6H2,1-3H3,(H2,24,29). The monoisotopic (exact) mass is 468 g/mol. The average molecular weight is 469 g/mol. The Morgan fingerprint density at radius 3 is 2.42 bits per heavy atom. The van der Waals surface area contributed by atoms with Gasteiger partial charge in [0, 0.05) is 16.5 Å². The molecule has 0 aliphatic heterocycles. The number of nitrogens with two attached hydrogens (primary N) is 1. The summed E-state index contributed by atoms with van der Waals surface area (Å²) in [6.07, 6.45) is 3.77. The van der Waals surface area contributed by atoms with E-state index in [2.05, 4.69) is 5.10 Å². The Morgan fingerprint density at radius 2 is 1.85 bits per heavy atom. The lowest BCUT2D eigenvalue weighted by molar-refractivity contribution is 0.0998. The molecule has 9 nitrogen and oxygen atoms in total. The molecule has 0 saturated heterocycles. The fourth-order valence-corrected chi connectivity index (χ4v) is 4.16. The Kier molecular flexibility index (Phi) is 6.36. The van der Waals surface area contributed by atoms with E-state index in [-0.39, 0.29) is 11.3 Å². The van der Waals surface area contributed by atoms with Gasteiger partial charge in [-0.25, -0.2) is 4.68 Å². The number of aromatic nitrogens is 1. The number of hydrogen-bond donors (Lipinski definition) is 2. The molecule has 0 unspecified atom stereocenters. The number of benzene rings is 2. The third kappa shape index (κ3) is 4.70. The van der Waals surface area contributed by atoms with E-state index in [0.29, 0.717) is 34.5 Å². The Balaban J connectivity index is 1.81. The first kappa shape index (κ1) is 22.4. The molecular weight excluding hydrogens is 444 g/mol. The van der Waals surface area contributed by atoms with Crippen molar-refractivity contribution in [1.82, 2.24) is 4.68 Å². The normalized spacial score (nSPS) is 14.0. The maximum Gasteiger partial charge on any atom is 0.252 e. The van der Waals surface area contributed by atoms with E-state index < -0.39 is 5.91 Å². The maximum absolute atomic E-state index is 11.7. The second-order valence-electron chi connectivity index (χ2n) is 7.38. The van der Waals surface area contributed by atoms with Gasteiger partial charge in [0.25, 0.3) is 5.91 Å². The van der Waals surface area contributed by atoms with E-state index in [9.17, 15) is 9.90 Å². The van der Waals surface area contributed by atoms with Crippen LogP contribution in [-0.2, 0) is 0 Å². The molecule has 172 valence electrons. The molecule has 1 fully saturated rings. The first-order valence-corrected chi connectivity index (χ1v) is 11.0. The second kappa shape index (κ2) is 9.37. The van der Waals surface area contributed by atoms with Gasteiger partial charge in [0.1, 0.15) is 5.75 Å². The van der Waals surface area contributed by atoms with E-state index in [0.717, 1.165) is 23.2 Å². The van der Waals surface area contributed by atoms with Crippen LogP contribution in [0.1, 0.15) is 28.8 Å². The number of amides is 1. The maximum atomic E-state index is 11.7. The molecule has 0 spiro atoms. The van der Waals surface area contributed by atoms with Crippen molar-refractivity contribution >= 4 is 23.5 Å². The van der Waals surface area contributed by atoms with Crippen LogP contribution >= 0.6 is 11.3 Å². The van der Waals surface area contributed by atoms with Gasteiger partial charge in [-0.2, -0.15) is 5.10 Å². The molecule has 4 rings (SSSR count). The van der Waals surface area contributed by atoms with Crippen LogP contribution < -0.4 is 24.7 Å². The number of thiazole rings is 1. The van der Waals surface area contributed by atoms with Crippen molar-refractivity contribution in [3.8, 4) is 34.3 Å². The Labute approximate surface area is 194 Å². The quantitative estimate of drug-likeness (QED) is 0.493. The van der Waals surface area contributed by atoms with Crippen LogP contribution in [0.4, 0.5) is 0 Å². The molecule has 1 heterocycles. The highest BCUT2D eigenvalue weighted by Gasteiger charge is 2.21. The molecule has 3 aromatic rings. The smallest absolute Gasteiger partial charge is 0.252 e. The van der Waals surface area contributed by atoms with Crippen molar-refractivity contribution < 1.29 is 24.1 Å². The molecule has 10 heteroatoms. The minimum absolute atomic E-state index is 0.0412. The molecule has 0 bridgehead atoms. The number of carbonyl (C=O) groups excluding carboxylic acids is 1. The molecule has 1 saturated carbocycles. The molecular formula is C23H24N4O5S. The number of ether oxygens (including phenoxy) is 3. The summed E-state index contributed by atoms with van der Waals surface area (Å²) in [6.45, 7) is 0. The van der Waals surface area contributed by atoms with Crippen molar-refractivity contribution in [2.75, 3.05) is 21.3 Å². The zero-order valence-electron chi connectivity index (χ0n) is 18.4. The van der Waals surface area contributed by atoms with Gasteiger partial charge in [-0.1, -0.05) is 0 Å². The van der Waals surface area contributed by atoms with E-state index in [1.807, 2.05) is 5.38 Å². The molecule has 3 N–H and O–H groups in total. The van der Waals surface area contributed by atoms with Gasteiger partial charge in [-0.3, -0.25) is 9.79 Å². The van der Waals surface area contributed by atoms with Crippen LogP contribution in [-0.4, -0.2) is 49.3 Å². The number of rotatable bonds is 8. The van der Waals surface area contributed by atoms with Crippen LogP contribution in [0.3, 0.4) is 0 Å². The number of hydrogen-bond acceptors (Lipinski definition) is 8. The molecule has 1 amide bonds. The Bertz CT molecular complexity index is 1270. The minimum Gasteiger partial charge on any atom is -0.507 e. The summed E-state index contributed by atoms with van der Waals surface area (Å²) in [4.78, 5) is 17.2. The van der Waals surface area contributed by atoms with Gasteiger partial charge in [0.15, 0.2) is 11.5 Å². The SMILES string of the molecule is COc1cc(C=Nn2c(-c3ccc(O)c(C(N)=O)c3)csc2=NC2CC2)cc(OC)c1OC. The van der Waals surface area contributed by atoms with Crippen molar-refractivity contribution in [1.29, 1.82) is 0 Å². The zero-order chi connectivity index (χ0) is 23.5. The molecule has 33 heavy (non-hydrogen) atoms. The Morgan fingerprint density at radius 1 is 1.15 bits per heavy atom. The topological polar surface area (TPSA) is 121 Å². The molecule has 1 aromatic heterocycles. The summed E-state index contributed by atoms with van der Waals surface area (Å²) in [7, 11) is 4.65. The van der Waals surface area contributed by atoms with Gasteiger partial charge in [0.2, 0.25) is 10.6 Å². The van der Waals surface area contributed by atoms with Crippen LogP contribution in [0.15, 0.2) is 45.8 Å². The third-order valence-electron chi connectivity index (χ3n) is 5.09. The van der Waals surface area contributed by atoms with Crippen LogP contribution in [0.5, 0.6) is 23.0 Å². The summed E-state index contributed by atoms with van der Waals surface area (Å²) >= 11 is 1.45. The number of nitrogens with zero attached hydrogens (tertiary/aromatic N) is 3. The third-order valence-corrected chi connectivity index (χ3v) is 5.92. The molecule has 1 aliphatic rings. The highest BCUT2D eigenvalue weighted by atomic mass is 32.1. The molecule has 1 aliphatic carbocycles. The summed E-state index contributed by atoms with van der Waals surface area (Å²) in [6, 6.07) is 8.57. The highest BCUT2D eigenvalue weighted by Crippen LogP contribution is 2.37. The predicted molar refractivity (Wildman–Crippen MR) is 126 cm³/mol. The van der Waals surface area contributed by atoms with E-state index >= 15 is 0 Å². The highest BCUT2D eigenvalue weighted by molar-refractivity contribution is 7.07. The predicted octanol–water partition coefficient (Wildman–Crippen LogP) is 2.99. The number of carbonyl (C=O) groups is 1. The lowest BCUT2D eigenvalue weighted by Crippen LogP contribution is -2.14. The van der Waals surface area contributed by atoms with Gasteiger partial charge in [0.05, 0.1) is 44.8 Å². The largest absolute Gasteiger partial charge is 0.507 e.